The van der Waals surface area contributed by atoms with Gasteiger partial charge in [-0.2, -0.15) is 0 Å². The first-order valence-corrected chi connectivity index (χ1v) is 8.31. The lowest BCUT2D eigenvalue weighted by atomic mass is 9.87. The quantitative estimate of drug-likeness (QED) is 0.771. The van der Waals surface area contributed by atoms with Crippen LogP contribution in [0.2, 0.25) is 0 Å². The summed E-state index contributed by atoms with van der Waals surface area (Å²) in [5, 5.41) is 10.8. The third kappa shape index (κ3) is 3.65. The molecule has 1 heterocycles. The number of aliphatic hydroxyl groups excluding tert-OH is 1. The lowest BCUT2D eigenvalue weighted by Gasteiger charge is -2.37. The second-order valence-electron chi connectivity index (χ2n) is 5.70. The standard InChI is InChI=1S/C18H26O6/c1-5-7-13-16-11(21-3)8-9-12(22-4)17(16)18(20)14(24-13)10-15(19)23-6-2/h8-9,13-14,18,20H,5-7,10H2,1-4H3/t13?,14-,18-/m1/s1. The topological polar surface area (TPSA) is 74.2 Å². The van der Waals surface area contributed by atoms with E-state index < -0.39 is 12.2 Å². The number of aliphatic hydroxyl groups is 1. The Morgan fingerprint density at radius 2 is 1.79 bits per heavy atom. The van der Waals surface area contributed by atoms with E-state index in [1.807, 2.05) is 6.07 Å². The molecule has 0 saturated carbocycles. The SMILES string of the molecule is CCCC1O[C@H](CC(=O)OCC)[C@@H](O)c2c(OC)ccc(OC)c21. The molecule has 1 unspecified atom stereocenters. The molecule has 0 amide bonds. The fraction of sp³-hybridized carbons (Fsp3) is 0.611. The molecule has 3 atom stereocenters. The first kappa shape index (κ1) is 18.5. The van der Waals surface area contributed by atoms with Crippen LogP contribution in [0, 0.1) is 0 Å². The summed E-state index contributed by atoms with van der Waals surface area (Å²) in [5.41, 5.74) is 1.43. The number of ether oxygens (including phenoxy) is 4. The van der Waals surface area contributed by atoms with Gasteiger partial charge in [-0.25, -0.2) is 0 Å². The molecule has 1 aromatic rings. The molecule has 0 spiro atoms. The summed E-state index contributed by atoms with van der Waals surface area (Å²) in [5.74, 6) is 0.830. The van der Waals surface area contributed by atoms with E-state index in [2.05, 4.69) is 6.92 Å². The van der Waals surface area contributed by atoms with Gasteiger partial charge in [0.1, 0.15) is 17.6 Å². The molecule has 0 radical (unpaired) electrons. The predicted octanol–water partition coefficient (Wildman–Crippen LogP) is 2.93. The number of fused-ring (bicyclic) bond motifs is 1. The molecule has 0 aromatic heterocycles. The van der Waals surface area contributed by atoms with Crippen molar-refractivity contribution >= 4 is 5.97 Å². The van der Waals surface area contributed by atoms with Gasteiger partial charge in [0.2, 0.25) is 0 Å². The number of benzene rings is 1. The minimum absolute atomic E-state index is 0.00494. The second-order valence-corrected chi connectivity index (χ2v) is 5.70. The van der Waals surface area contributed by atoms with Crippen molar-refractivity contribution in [2.75, 3.05) is 20.8 Å². The van der Waals surface area contributed by atoms with Gasteiger partial charge < -0.3 is 24.1 Å². The molecule has 1 aromatic carbocycles. The van der Waals surface area contributed by atoms with Crippen molar-refractivity contribution in [2.24, 2.45) is 0 Å². The molecule has 6 heteroatoms. The van der Waals surface area contributed by atoms with Crippen LogP contribution >= 0.6 is 0 Å². The maximum absolute atomic E-state index is 11.8. The van der Waals surface area contributed by atoms with E-state index in [1.165, 1.54) is 0 Å². The second kappa shape index (κ2) is 8.35. The molecule has 6 nitrogen and oxygen atoms in total. The molecule has 2 rings (SSSR count). The van der Waals surface area contributed by atoms with Crippen molar-refractivity contribution in [3.63, 3.8) is 0 Å². The molecule has 134 valence electrons. The van der Waals surface area contributed by atoms with E-state index in [9.17, 15) is 9.90 Å². The summed E-state index contributed by atoms with van der Waals surface area (Å²) in [6.45, 7) is 4.11. The highest BCUT2D eigenvalue weighted by Gasteiger charge is 2.39. The van der Waals surface area contributed by atoms with E-state index >= 15 is 0 Å². The van der Waals surface area contributed by atoms with Crippen LogP contribution in [0.5, 0.6) is 11.5 Å². The van der Waals surface area contributed by atoms with E-state index in [-0.39, 0.29) is 18.5 Å². The summed E-state index contributed by atoms with van der Waals surface area (Å²) in [7, 11) is 3.14. The highest BCUT2D eigenvalue weighted by atomic mass is 16.5. The largest absolute Gasteiger partial charge is 0.496 e. The number of hydrogen-bond acceptors (Lipinski definition) is 6. The number of carbonyl (C=O) groups excluding carboxylic acids is 1. The summed E-state index contributed by atoms with van der Waals surface area (Å²) >= 11 is 0. The minimum atomic E-state index is -0.984. The van der Waals surface area contributed by atoms with E-state index in [4.69, 9.17) is 18.9 Å². The Morgan fingerprint density at radius 3 is 2.33 bits per heavy atom. The van der Waals surface area contributed by atoms with Crippen LogP contribution in [-0.2, 0) is 14.3 Å². The third-order valence-corrected chi connectivity index (χ3v) is 4.18. The molecule has 24 heavy (non-hydrogen) atoms. The molecule has 0 bridgehead atoms. The fourth-order valence-electron chi connectivity index (χ4n) is 3.15. The normalized spacial score (nSPS) is 22.6. The zero-order valence-corrected chi connectivity index (χ0v) is 14.7. The lowest BCUT2D eigenvalue weighted by Crippen LogP contribution is -2.34. The van der Waals surface area contributed by atoms with Gasteiger partial charge in [-0.05, 0) is 25.5 Å². The molecule has 1 N–H and O–H groups in total. The van der Waals surface area contributed by atoms with E-state index in [1.54, 1.807) is 27.2 Å². The van der Waals surface area contributed by atoms with Crippen LogP contribution < -0.4 is 9.47 Å². The van der Waals surface area contributed by atoms with Crippen molar-refractivity contribution in [1.82, 2.24) is 0 Å². The van der Waals surface area contributed by atoms with E-state index in [0.29, 0.717) is 23.7 Å². The van der Waals surface area contributed by atoms with Gasteiger partial charge in [0.05, 0.1) is 39.5 Å². The molecular formula is C18H26O6. The highest BCUT2D eigenvalue weighted by molar-refractivity contribution is 5.70. The number of carbonyl (C=O) groups is 1. The number of methoxy groups -OCH3 is 2. The summed E-state index contributed by atoms with van der Waals surface area (Å²) in [6.07, 6.45) is -0.279. The van der Waals surface area contributed by atoms with Crippen molar-refractivity contribution in [2.45, 2.75) is 51.4 Å². The van der Waals surface area contributed by atoms with Crippen LogP contribution in [0.25, 0.3) is 0 Å². The van der Waals surface area contributed by atoms with Gasteiger partial charge in [-0.3, -0.25) is 4.79 Å². The predicted molar refractivity (Wildman–Crippen MR) is 88.3 cm³/mol. The van der Waals surface area contributed by atoms with Gasteiger partial charge in [0.25, 0.3) is 0 Å². The summed E-state index contributed by atoms with van der Waals surface area (Å²) in [4.78, 5) is 11.8. The summed E-state index contributed by atoms with van der Waals surface area (Å²) in [6, 6.07) is 3.57. The highest BCUT2D eigenvalue weighted by Crippen LogP contribution is 2.48. The zero-order chi connectivity index (χ0) is 17.7. The van der Waals surface area contributed by atoms with Gasteiger partial charge in [0, 0.05) is 11.1 Å². The van der Waals surface area contributed by atoms with Crippen molar-refractivity contribution in [3.8, 4) is 11.5 Å². The van der Waals surface area contributed by atoms with Crippen LogP contribution in [0.3, 0.4) is 0 Å². The molecular weight excluding hydrogens is 312 g/mol. The maximum Gasteiger partial charge on any atom is 0.308 e. The smallest absolute Gasteiger partial charge is 0.308 e. The van der Waals surface area contributed by atoms with Crippen LogP contribution in [0.4, 0.5) is 0 Å². The monoisotopic (exact) mass is 338 g/mol. The van der Waals surface area contributed by atoms with Crippen molar-refractivity contribution < 1.29 is 28.8 Å². The van der Waals surface area contributed by atoms with E-state index in [0.717, 1.165) is 18.4 Å². The zero-order valence-electron chi connectivity index (χ0n) is 14.7. The van der Waals surface area contributed by atoms with Crippen LogP contribution in [-0.4, -0.2) is 38.0 Å². The number of rotatable bonds is 7. The molecule has 1 aliphatic rings. The van der Waals surface area contributed by atoms with Gasteiger partial charge in [-0.1, -0.05) is 13.3 Å². The maximum atomic E-state index is 11.8. The van der Waals surface area contributed by atoms with Crippen LogP contribution in [0.15, 0.2) is 12.1 Å². The molecule has 0 aliphatic carbocycles. The molecule has 0 fully saturated rings. The molecule has 0 saturated heterocycles. The first-order valence-electron chi connectivity index (χ1n) is 8.31. The third-order valence-electron chi connectivity index (χ3n) is 4.18. The first-order chi connectivity index (χ1) is 11.6. The minimum Gasteiger partial charge on any atom is -0.496 e. The Labute approximate surface area is 142 Å². The molecule has 1 aliphatic heterocycles. The lowest BCUT2D eigenvalue weighted by molar-refractivity contribution is -0.155. The van der Waals surface area contributed by atoms with Gasteiger partial charge in [0.15, 0.2) is 0 Å². The number of hydrogen-bond donors (Lipinski definition) is 1. The Hall–Kier alpha value is -1.79. The Bertz CT molecular complexity index is 571. The fourth-order valence-corrected chi connectivity index (χ4v) is 3.15. The van der Waals surface area contributed by atoms with Crippen molar-refractivity contribution in [1.29, 1.82) is 0 Å². The van der Waals surface area contributed by atoms with Crippen molar-refractivity contribution in [3.05, 3.63) is 23.3 Å². The van der Waals surface area contributed by atoms with Gasteiger partial charge in [-0.15, -0.1) is 0 Å². The van der Waals surface area contributed by atoms with Crippen LogP contribution in [0.1, 0.15) is 56.4 Å². The Kier molecular flexibility index (Phi) is 6.45. The number of esters is 1. The average molecular weight is 338 g/mol. The van der Waals surface area contributed by atoms with Gasteiger partial charge >= 0.3 is 5.97 Å². The Balaban J connectivity index is 2.44. The Morgan fingerprint density at radius 1 is 1.17 bits per heavy atom. The summed E-state index contributed by atoms with van der Waals surface area (Å²) < 4.78 is 21.9. The average Bonchev–Trinajstić information content (AvgIpc) is 2.58.